The van der Waals surface area contributed by atoms with Crippen LogP contribution in [0.2, 0.25) is 0 Å². The van der Waals surface area contributed by atoms with Crippen LogP contribution in [0.25, 0.3) is 0 Å². The number of non-ortho nitro benzene ring substituents is 1. The third-order valence-electron chi connectivity index (χ3n) is 5.51. The number of esters is 1. The number of allylic oxidation sites excluding steroid dienone is 2. The lowest BCUT2D eigenvalue weighted by Crippen LogP contribution is -2.50. The van der Waals surface area contributed by atoms with E-state index in [2.05, 4.69) is 5.32 Å². The summed E-state index contributed by atoms with van der Waals surface area (Å²) in [5.41, 5.74) is 1.60. The highest BCUT2D eigenvalue weighted by Crippen LogP contribution is 2.47. The van der Waals surface area contributed by atoms with Gasteiger partial charge in [-0.15, -0.1) is 0 Å². The van der Waals surface area contributed by atoms with E-state index in [9.17, 15) is 24.5 Å². The zero-order valence-electron chi connectivity index (χ0n) is 15.8. The van der Waals surface area contributed by atoms with Gasteiger partial charge in [0, 0.05) is 48.8 Å². The van der Waals surface area contributed by atoms with Gasteiger partial charge in [-0.2, -0.15) is 0 Å². The van der Waals surface area contributed by atoms with Gasteiger partial charge >= 0.3 is 5.97 Å². The Bertz CT molecular complexity index is 1010. The van der Waals surface area contributed by atoms with Crippen LogP contribution in [-0.4, -0.2) is 47.7 Å². The molecule has 2 aliphatic heterocycles. The van der Waals surface area contributed by atoms with Crippen molar-refractivity contribution < 1.29 is 24.0 Å². The number of ketones is 1. The summed E-state index contributed by atoms with van der Waals surface area (Å²) in [7, 11) is 1.21. The summed E-state index contributed by atoms with van der Waals surface area (Å²) < 4.78 is 4.96. The third-order valence-corrected chi connectivity index (χ3v) is 5.51. The van der Waals surface area contributed by atoms with Gasteiger partial charge in [0.15, 0.2) is 5.78 Å². The first-order valence-corrected chi connectivity index (χ1v) is 9.32. The van der Waals surface area contributed by atoms with Gasteiger partial charge in [0.1, 0.15) is 5.70 Å². The minimum atomic E-state index is -0.889. The van der Waals surface area contributed by atoms with Crippen LogP contribution in [-0.2, 0) is 19.1 Å². The number of nitro benzene ring substituents is 1. The number of ether oxygens (including phenoxy) is 1. The molecule has 1 amide bonds. The van der Waals surface area contributed by atoms with Crippen molar-refractivity contribution in [3.63, 3.8) is 0 Å². The van der Waals surface area contributed by atoms with Gasteiger partial charge in [0.25, 0.3) is 11.6 Å². The fourth-order valence-corrected chi connectivity index (χ4v) is 4.35. The van der Waals surface area contributed by atoms with Gasteiger partial charge in [-0.25, -0.2) is 4.79 Å². The lowest BCUT2D eigenvalue weighted by Gasteiger charge is -2.43. The zero-order valence-corrected chi connectivity index (χ0v) is 15.8. The number of methoxy groups -OCH3 is 1. The highest BCUT2D eigenvalue weighted by atomic mass is 16.6. The fourth-order valence-electron chi connectivity index (χ4n) is 4.35. The number of carbonyl (C=O) groups is 3. The standard InChI is InChI=1S/C20H19N3O6/c1-29-20(26)17-15(11-4-2-5-12(10-11)23(27)28)16-13(6-3-7-14(16)24)22-9-8-21-19(25)18(17)22/h2,4-5,10,15H,3,6-9H2,1H3,(H,21,25). The number of rotatable bonds is 3. The van der Waals surface area contributed by atoms with Crippen molar-refractivity contribution in [1.82, 2.24) is 10.2 Å². The average Bonchev–Trinajstić information content (AvgIpc) is 2.73. The van der Waals surface area contributed by atoms with E-state index >= 15 is 0 Å². The van der Waals surface area contributed by atoms with Crippen LogP contribution >= 0.6 is 0 Å². The highest BCUT2D eigenvalue weighted by molar-refractivity contribution is 6.09. The smallest absolute Gasteiger partial charge is 0.337 e. The van der Waals surface area contributed by atoms with Crippen LogP contribution < -0.4 is 5.32 Å². The number of hydrogen-bond donors (Lipinski definition) is 1. The Balaban J connectivity index is 2.01. The van der Waals surface area contributed by atoms with Crippen LogP contribution in [0, 0.1) is 10.1 Å². The molecule has 9 nitrogen and oxygen atoms in total. The van der Waals surface area contributed by atoms with E-state index in [0.29, 0.717) is 43.5 Å². The molecule has 9 heteroatoms. The number of carbonyl (C=O) groups excluding carboxylic acids is 3. The Morgan fingerprint density at radius 1 is 1.31 bits per heavy atom. The van der Waals surface area contributed by atoms with Gasteiger partial charge in [0.05, 0.1) is 17.6 Å². The second-order valence-corrected chi connectivity index (χ2v) is 7.08. The molecular formula is C20H19N3O6. The minimum Gasteiger partial charge on any atom is -0.466 e. The van der Waals surface area contributed by atoms with Crippen molar-refractivity contribution in [2.45, 2.75) is 25.2 Å². The van der Waals surface area contributed by atoms with Crippen LogP contribution in [0.1, 0.15) is 30.7 Å². The molecular weight excluding hydrogens is 378 g/mol. The van der Waals surface area contributed by atoms with Crippen LogP contribution in [0.4, 0.5) is 5.69 Å². The molecule has 4 rings (SSSR count). The molecule has 1 saturated heterocycles. The molecule has 0 saturated carbocycles. The second-order valence-electron chi connectivity index (χ2n) is 7.08. The number of nitrogens with zero attached hydrogens (tertiary/aromatic N) is 2. The summed E-state index contributed by atoms with van der Waals surface area (Å²) in [6.45, 7) is 0.832. The first kappa shape index (κ1) is 18.9. The summed E-state index contributed by atoms with van der Waals surface area (Å²) in [4.78, 5) is 51.0. The maximum Gasteiger partial charge on any atom is 0.337 e. The number of Topliss-reactive ketones (excluding diaryl/α,β-unsaturated/α-hetero) is 1. The summed E-state index contributed by atoms with van der Waals surface area (Å²) >= 11 is 0. The number of nitro groups is 1. The number of nitrogens with one attached hydrogen (secondary N) is 1. The Hall–Kier alpha value is -3.49. The molecule has 3 aliphatic rings. The number of benzene rings is 1. The molecule has 1 unspecified atom stereocenters. The van der Waals surface area contributed by atoms with Crippen molar-refractivity contribution in [3.05, 3.63) is 62.5 Å². The topological polar surface area (TPSA) is 119 Å². The molecule has 1 fully saturated rings. The van der Waals surface area contributed by atoms with Gasteiger partial charge in [-0.3, -0.25) is 19.7 Å². The van der Waals surface area contributed by atoms with Crippen LogP contribution in [0.3, 0.4) is 0 Å². The predicted octanol–water partition coefficient (Wildman–Crippen LogP) is 1.56. The molecule has 1 aliphatic carbocycles. The highest BCUT2D eigenvalue weighted by Gasteiger charge is 2.46. The lowest BCUT2D eigenvalue weighted by molar-refractivity contribution is -0.384. The minimum absolute atomic E-state index is 0.0409. The van der Waals surface area contributed by atoms with Crippen LogP contribution in [0.15, 0.2) is 46.8 Å². The molecule has 1 aromatic carbocycles. The maximum atomic E-state index is 12.9. The van der Waals surface area contributed by atoms with Gasteiger partial charge in [-0.05, 0) is 18.4 Å². The maximum absolute atomic E-state index is 12.9. The van der Waals surface area contributed by atoms with Crippen LogP contribution in [0.5, 0.6) is 0 Å². The molecule has 1 N–H and O–H groups in total. The normalized spacial score (nSPS) is 21.4. The Morgan fingerprint density at radius 2 is 2.10 bits per heavy atom. The summed E-state index contributed by atoms with van der Waals surface area (Å²) in [5, 5.41) is 14.0. The van der Waals surface area contributed by atoms with E-state index < -0.39 is 22.7 Å². The molecule has 0 radical (unpaired) electrons. The number of fused-ring (bicyclic) bond motifs is 2. The average molecular weight is 397 g/mol. The van der Waals surface area contributed by atoms with E-state index in [0.717, 1.165) is 5.70 Å². The first-order chi connectivity index (χ1) is 13.9. The summed E-state index contributed by atoms with van der Waals surface area (Å²) in [6.07, 6.45) is 1.57. The summed E-state index contributed by atoms with van der Waals surface area (Å²) in [6, 6.07) is 5.82. The SMILES string of the molecule is COC(=O)C1=C2C(=O)NCCN2C2=C(C(=O)CCC2)C1c1cccc([N+](=O)[O-])c1. The van der Waals surface area contributed by atoms with Gasteiger partial charge in [-0.1, -0.05) is 12.1 Å². The molecule has 1 atom stereocenters. The Morgan fingerprint density at radius 3 is 2.83 bits per heavy atom. The fraction of sp³-hybridized carbons (Fsp3) is 0.350. The van der Waals surface area contributed by atoms with Crippen molar-refractivity contribution in [3.8, 4) is 0 Å². The van der Waals surface area contributed by atoms with E-state index in [1.807, 2.05) is 0 Å². The first-order valence-electron chi connectivity index (χ1n) is 9.32. The van der Waals surface area contributed by atoms with Crippen molar-refractivity contribution in [1.29, 1.82) is 0 Å². The number of piperazine rings is 1. The predicted molar refractivity (Wildman–Crippen MR) is 100 cm³/mol. The molecule has 0 spiro atoms. The molecule has 2 heterocycles. The van der Waals surface area contributed by atoms with E-state index in [1.165, 1.54) is 25.3 Å². The van der Waals surface area contributed by atoms with Crippen molar-refractivity contribution in [2.24, 2.45) is 0 Å². The Labute approximate surface area is 166 Å². The second kappa shape index (κ2) is 7.16. The van der Waals surface area contributed by atoms with E-state index in [1.54, 1.807) is 11.0 Å². The summed E-state index contributed by atoms with van der Waals surface area (Å²) in [5.74, 6) is -2.16. The molecule has 0 aromatic heterocycles. The van der Waals surface area contributed by atoms with E-state index in [-0.39, 0.29) is 22.7 Å². The largest absolute Gasteiger partial charge is 0.466 e. The van der Waals surface area contributed by atoms with Crippen molar-refractivity contribution in [2.75, 3.05) is 20.2 Å². The molecule has 150 valence electrons. The molecule has 0 bridgehead atoms. The molecule has 1 aromatic rings. The quantitative estimate of drug-likeness (QED) is 0.467. The number of amides is 1. The van der Waals surface area contributed by atoms with Crippen molar-refractivity contribution >= 4 is 23.3 Å². The monoisotopic (exact) mass is 397 g/mol. The number of hydrogen-bond acceptors (Lipinski definition) is 7. The third kappa shape index (κ3) is 2.98. The van der Waals surface area contributed by atoms with Gasteiger partial charge < -0.3 is 15.0 Å². The Kier molecular flexibility index (Phi) is 4.65. The van der Waals surface area contributed by atoms with E-state index in [4.69, 9.17) is 4.74 Å². The zero-order chi connectivity index (χ0) is 20.7. The van der Waals surface area contributed by atoms with Gasteiger partial charge in [0.2, 0.25) is 0 Å². The lowest BCUT2D eigenvalue weighted by atomic mass is 9.74. The molecule has 29 heavy (non-hydrogen) atoms.